The number of carbonyl (C=O) groups is 1. The fraction of sp³-hybridized carbons (Fsp3) is 0.417. The molecular weight excluding hydrogens is 234 g/mol. The van der Waals surface area contributed by atoms with Crippen LogP contribution in [0.2, 0.25) is 0 Å². The van der Waals surface area contributed by atoms with Crippen molar-refractivity contribution in [3.05, 3.63) is 33.9 Å². The lowest BCUT2D eigenvalue weighted by Crippen LogP contribution is -2.35. The second-order valence-corrected chi connectivity index (χ2v) is 4.91. The van der Waals surface area contributed by atoms with E-state index in [0.717, 1.165) is 0 Å². The number of nitro groups is 1. The molecule has 0 aliphatic heterocycles. The molecule has 0 aromatic heterocycles. The van der Waals surface area contributed by atoms with Gasteiger partial charge in [0, 0.05) is 29.3 Å². The van der Waals surface area contributed by atoms with Crippen LogP contribution < -0.4 is 11.1 Å². The molecule has 0 aliphatic carbocycles. The summed E-state index contributed by atoms with van der Waals surface area (Å²) in [5.41, 5.74) is 5.84. The zero-order valence-electron chi connectivity index (χ0n) is 10.7. The number of nitrogens with zero attached hydrogens (tertiary/aromatic N) is 1. The van der Waals surface area contributed by atoms with Crippen molar-refractivity contribution in [3.63, 3.8) is 0 Å². The van der Waals surface area contributed by atoms with Crippen molar-refractivity contribution in [2.75, 3.05) is 5.32 Å². The monoisotopic (exact) mass is 251 g/mol. The third kappa shape index (κ3) is 3.73. The van der Waals surface area contributed by atoms with Crippen LogP contribution in [0.15, 0.2) is 18.2 Å². The zero-order valence-corrected chi connectivity index (χ0v) is 10.7. The van der Waals surface area contributed by atoms with Crippen molar-refractivity contribution in [1.82, 2.24) is 0 Å². The summed E-state index contributed by atoms with van der Waals surface area (Å²) in [6, 6.07) is 4.87. The minimum Gasteiger partial charge on any atom is -0.379 e. The third-order valence-electron chi connectivity index (χ3n) is 2.50. The maximum absolute atomic E-state index is 10.9. The Morgan fingerprint density at radius 3 is 2.61 bits per heavy atom. The van der Waals surface area contributed by atoms with Gasteiger partial charge in [0.2, 0.25) is 5.91 Å². The lowest BCUT2D eigenvalue weighted by molar-refractivity contribution is -0.385. The maximum atomic E-state index is 10.9. The number of nitro benzene ring substituents is 1. The van der Waals surface area contributed by atoms with Gasteiger partial charge in [-0.1, -0.05) is 6.07 Å². The third-order valence-corrected chi connectivity index (χ3v) is 2.50. The second kappa shape index (κ2) is 5.03. The summed E-state index contributed by atoms with van der Waals surface area (Å²) in [5.74, 6) is -0.422. The summed E-state index contributed by atoms with van der Waals surface area (Å²) in [6.45, 7) is 5.30. The first-order chi connectivity index (χ1) is 8.21. The normalized spacial score (nSPS) is 11.1. The summed E-state index contributed by atoms with van der Waals surface area (Å²) in [5, 5.41) is 13.9. The minimum atomic E-state index is -0.547. The van der Waals surface area contributed by atoms with Crippen LogP contribution in [0, 0.1) is 17.0 Å². The van der Waals surface area contributed by atoms with Crippen LogP contribution >= 0.6 is 0 Å². The van der Waals surface area contributed by atoms with Gasteiger partial charge in [-0.2, -0.15) is 0 Å². The number of carbonyl (C=O) groups excluding carboxylic acids is 1. The number of aryl methyl sites for hydroxylation is 1. The predicted octanol–water partition coefficient (Wildman–Crippen LogP) is 1.97. The largest absolute Gasteiger partial charge is 0.379 e. The van der Waals surface area contributed by atoms with Gasteiger partial charge >= 0.3 is 0 Å². The number of nitrogens with two attached hydrogens (primary N) is 1. The van der Waals surface area contributed by atoms with E-state index < -0.39 is 16.4 Å². The van der Waals surface area contributed by atoms with Crippen LogP contribution in [-0.2, 0) is 4.79 Å². The minimum absolute atomic E-state index is 0.0508. The number of hydrogen-bond acceptors (Lipinski definition) is 4. The molecule has 98 valence electrons. The Morgan fingerprint density at radius 1 is 1.50 bits per heavy atom. The second-order valence-electron chi connectivity index (χ2n) is 4.91. The number of benzene rings is 1. The van der Waals surface area contributed by atoms with E-state index in [-0.39, 0.29) is 12.1 Å². The van der Waals surface area contributed by atoms with E-state index in [1.54, 1.807) is 19.1 Å². The topological polar surface area (TPSA) is 98.3 Å². The summed E-state index contributed by atoms with van der Waals surface area (Å²) >= 11 is 0. The Hall–Kier alpha value is -2.11. The summed E-state index contributed by atoms with van der Waals surface area (Å²) in [4.78, 5) is 21.3. The molecule has 0 radical (unpaired) electrons. The molecule has 3 N–H and O–H groups in total. The predicted molar refractivity (Wildman–Crippen MR) is 69.3 cm³/mol. The molecule has 0 heterocycles. The fourth-order valence-electron chi connectivity index (χ4n) is 1.75. The Labute approximate surface area is 105 Å². The van der Waals surface area contributed by atoms with E-state index in [1.165, 1.54) is 6.07 Å². The molecule has 0 spiro atoms. The first kappa shape index (κ1) is 14.0. The summed E-state index contributed by atoms with van der Waals surface area (Å²) in [6.07, 6.45) is 0.147. The highest BCUT2D eigenvalue weighted by molar-refractivity contribution is 5.75. The molecule has 0 bridgehead atoms. The first-order valence-corrected chi connectivity index (χ1v) is 5.53. The molecule has 1 aromatic carbocycles. The van der Waals surface area contributed by atoms with Crippen LogP contribution in [0.25, 0.3) is 0 Å². The molecule has 0 unspecified atom stereocenters. The van der Waals surface area contributed by atoms with E-state index in [9.17, 15) is 14.9 Å². The molecule has 6 nitrogen and oxygen atoms in total. The van der Waals surface area contributed by atoms with Gasteiger partial charge in [-0.05, 0) is 26.8 Å². The van der Waals surface area contributed by atoms with E-state index >= 15 is 0 Å². The lowest BCUT2D eigenvalue weighted by Gasteiger charge is -2.26. The zero-order chi connectivity index (χ0) is 13.9. The van der Waals surface area contributed by atoms with Crippen molar-refractivity contribution >= 4 is 17.3 Å². The van der Waals surface area contributed by atoms with Gasteiger partial charge < -0.3 is 11.1 Å². The van der Waals surface area contributed by atoms with Gasteiger partial charge in [-0.15, -0.1) is 0 Å². The van der Waals surface area contributed by atoms with Crippen molar-refractivity contribution < 1.29 is 9.72 Å². The Balaban J connectivity index is 2.95. The molecule has 1 aromatic rings. The summed E-state index contributed by atoms with van der Waals surface area (Å²) < 4.78 is 0. The van der Waals surface area contributed by atoms with E-state index in [0.29, 0.717) is 11.3 Å². The number of nitrogens with one attached hydrogen (secondary N) is 1. The maximum Gasteiger partial charge on any atom is 0.274 e. The Bertz CT molecular complexity index is 483. The van der Waals surface area contributed by atoms with Crippen molar-refractivity contribution in [3.8, 4) is 0 Å². The average Bonchev–Trinajstić information content (AvgIpc) is 2.18. The van der Waals surface area contributed by atoms with Crippen LogP contribution in [0.4, 0.5) is 11.4 Å². The first-order valence-electron chi connectivity index (χ1n) is 5.53. The molecule has 0 aliphatic rings. The molecule has 1 amide bonds. The van der Waals surface area contributed by atoms with Crippen LogP contribution in [0.5, 0.6) is 0 Å². The quantitative estimate of drug-likeness (QED) is 0.617. The molecule has 0 atom stereocenters. The van der Waals surface area contributed by atoms with E-state index in [1.807, 2.05) is 13.8 Å². The average molecular weight is 251 g/mol. The molecular formula is C12H17N3O3. The van der Waals surface area contributed by atoms with E-state index in [4.69, 9.17) is 5.73 Å². The highest BCUT2D eigenvalue weighted by atomic mass is 16.6. The number of rotatable bonds is 5. The standard InChI is InChI=1S/C12H17N3O3/c1-8-4-5-9(6-10(8)15(17)18)14-12(2,3)7-11(13)16/h4-6,14H,7H2,1-3H3,(H2,13,16). The fourth-order valence-corrected chi connectivity index (χ4v) is 1.75. The van der Waals surface area contributed by atoms with Crippen LogP contribution in [0.3, 0.4) is 0 Å². The van der Waals surface area contributed by atoms with Crippen molar-refractivity contribution in [1.29, 1.82) is 0 Å². The number of amides is 1. The smallest absolute Gasteiger partial charge is 0.274 e. The molecule has 1 rings (SSSR count). The molecule has 0 fully saturated rings. The Kier molecular flexibility index (Phi) is 3.90. The van der Waals surface area contributed by atoms with Gasteiger partial charge in [0.1, 0.15) is 0 Å². The van der Waals surface area contributed by atoms with Gasteiger partial charge in [0.15, 0.2) is 0 Å². The highest BCUT2D eigenvalue weighted by Crippen LogP contribution is 2.25. The molecule has 0 saturated carbocycles. The van der Waals surface area contributed by atoms with Gasteiger partial charge in [-0.3, -0.25) is 14.9 Å². The van der Waals surface area contributed by atoms with Crippen LogP contribution in [-0.4, -0.2) is 16.4 Å². The van der Waals surface area contributed by atoms with Crippen molar-refractivity contribution in [2.24, 2.45) is 5.73 Å². The number of primary amides is 1. The molecule has 0 saturated heterocycles. The Morgan fingerprint density at radius 2 is 2.11 bits per heavy atom. The number of anilines is 1. The molecule has 18 heavy (non-hydrogen) atoms. The van der Waals surface area contributed by atoms with Crippen molar-refractivity contribution in [2.45, 2.75) is 32.7 Å². The molecule has 6 heteroatoms. The SMILES string of the molecule is Cc1ccc(NC(C)(C)CC(N)=O)cc1[N+](=O)[O-]. The highest BCUT2D eigenvalue weighted by Gasteiger charge is 2.21. The summed E-state index contributed by atoms with van der Waals surface area (Å²) in [7, 11) is 0. The lowest BCUT2D eigenvalue weighted by atomic mass is 9.99. The number of hydrogen-bond donors (Lipinski definition) is 2. The van der Waals surface area contributed by atoms with E-state index in [2.05, 4.69) is 5.32 Å². The van der Waals surface area contributed by atoms with Gasteiger partial charge in [0.25, 0.3) is 5.69 Å². The van der Waals surface area contributed by atoms with Gasteiger partial charge in [0.05, 0.1) is 4.92 Å². The van der Waals surface area contributed by atoms with Crippen LogP contribution in [0.1, 0.15) is 25.8 Å². The van der Waals surface area contributed by atoms with Gasteiger partial charge in [-0.25, -0.2) is 0 Å².